The van der Waals surface area contributed by atoms with Crippen molar-refractivity contribution in [2.45, 2.75) is 19.3 Å². The van der Waals surface area contributed by atoms with Gasteiger partial charge in [-0.1, -0.05) is 172 Å². The molecule has 0 N–H and O–H groups in total. The summed E-state index contributed by atoms with van der Waals surface area (Å²) in [4.78, 5) is 2.49. The number of nitrogens with zero attached hydrogens (tertiary/aromatic N) is 1. The van der Waals surface area contributed by atoms with Gasteiger partial charge in [0.15, 0.2) is 0 Å². The maximum atomic E-state index is 6.35. The van der Waals surface area contributed by atoms with Crippen LogP contribution in [0.25, 0.3) is 88.0 Å². The van der Waals surface area contributed by atoms with Gasteiger partial charge in [-0.05, 0) is 126 Å². The summed E-state index contributed by atoms with van der Waals surface area (Å²) in [5.41, 5.74) is 17.3. The maximum Gasteiger partial charge on any atom is 0.135 e. The number of anilines is 3. The number of hydrogen-bond acceptors (Lipinski definition) is 2. The highest BCUT2D eigenvalue weighted by Gasteiger charge is 2.36. The summed E-state index contributed by atoms with van der Waals surface area (Å²) in [6, 6.07) is 77.7. The van der Waals surface area contributed by atoms with Gasteiger partial charge in [-0.3, -0.25) is 0 Å². The highest BCUT2D eigenvalue weighted by atomic mass is 16.3. The lowest BCUT2D eigenvalue weighted by Gasteiger charge is -2.31. The number of rotatable bonds is 6. The van der Waals surface area contributed by atoms with Crippen molar-refractivity contribution < 1.29 is 4.42 Å². The molecular weight excluding hydrogens is 739 g/mol. The molecule has 0 spiro atoms. The van der Waals surface area contributed by atoms with Gasteiger partial charge in [0, 0.05) is 33.1 Å². The van der Waals surface area contributed by atoms with E-state index in [1.54, 1.807) is 0 Å². The van der Waals surface area contributed by atoms with Crippen molar-refractivity contribution in [2.75, 3.05) is 4.90 Å². The first-order valence-corrected chi connectivity index (χ1v) is 21.2. The number of benzene rings is 10. The van der Waals surface area contributed by atoms with Crippen LogP contribution < -0.4 is 4.90 Å². The van der Waals surface area contributed by atoms with E-state index in [2.05, 4.69) is 225 Å². The third-order valence-corrected chi connectivity index (χ3v) is 13.1. The largest absolute Gasteiger partial charge is 0.456 e. The first kappa shape index (κ1) is 35.3. The lowest BCUT2D eigenvalue weighted by atomic mass is 9.82. The van der Waals surface area contributed by atoms with Crippen LogP contribution in [0.2, 0.25) is 0 Å². The van der Waals surface area contributed by atoms with E-state index >= 15 is 0 Å². The Balaban J connectivity index is 1.16. The van der Waals surface area contributed by atoms with Gasteiger partial charge in [-0.25, -0.2) is 0 Å². The van der Waals surface area contributed by atoms with Gasteiger partial charge in [0.2, 0.25) is 0 Å². The van der Waals surface area contributed by atoms with E-state index < -0.39 is 0 Å². The molecule has 0 radical (unpaired) electrons. The van der Waals surface area contributed by atoms with E-state index in [4.69, 9.17) is 4.42 Å². The first-order chi connectivity index (χ1) is 30.0. The summed E-state index contributed by atoms with van der Waals surface area (Å²) >= 11 is 0. The van der Waals surface area contributed by atoms with Gasteiger partial charge in [0.1, 0.15) is 11.2 Å². The van der Waals surface area contributed by atoms with Crippen LogP contribution >= 0.6 is 0 Å². The molecule has 2 heteroatoms. The van der Waals surface area contributed by atoms with Gasteiger partial charge in [-0.15, -0.1) is 0 Å². The van der Waals surface area contributed by atoms with E-state index in [0.29, 0.717) is 0 Å². The molecule has 0 fully saturated rings. The lowest BCUT2D eigenvalue weighted by Crippen LogP contribution is -2.17. The Morgan fingerprint density at radius 3 is 1.84 bits per heavy atom. The van der Waals surface area contributed by atoms with Crippen LogP contribution in [-0.2, 0) is 5.41 Å². The Morgan fingerprint density at radius 2 is 0.984 bits per heavy atom. The smallest absolute Gasteiger partial charge is 0.135 e. The molecule has 0 saturated heterocycles. The minimum atomic E-state index is -0.160. The van der Waals surface area contributed by atoms with Crippen molar-refractivity contribution in [3.63, 3.8) is 0 Å². The highest BCUT2D eigenvalue weighted by Crippen LogP contribution is 2.53. The van der Waals surface area contributed by atoms with E-state index in [1.807, 2.05) is 6.07 Å². The Bertz CT molecular complexity index is 3500. The van der Waals surface area contributed by atoms with Crippen LogP contribution in [0.15, 0.2) is 217 Å². The molecule has 0 aliphatic heterocycles. The molecule has 1 aromatic heterocycles. The minimum absolute atomic E-state index is 0.160. The SMILES string of the molecule is CC1(C)c2ccccc2-c2ccc(N(c3ccc(-c4ccccc4)cc3)c3cccc(-c4ccc5oc6ccccc6c5c4)c3-c3cc4ccccc4c4ccccc34)cc21. The molecule has 288 valence electrons. The topological polar surface area (TPSA) is 16.4 Å². The molecule has 0 bridgehead atoms. The molecule has 0 saturated carbocycles. The van der Waals surface area contributed by atoms with Crippen LogP contribution in [0.5, 0.6) is 0 Å². The average Bonchev–Trinajstić information content (AvgIpc) is 3.80. The van der Waals surface area contributed by atoms with Gasteiger partial charge in [-0.2, -0.15) is 0 Å². The van der Waals surface area contributed by atoms with Gasteiger partial charge in [0.05, 0.1) is 5.69 Å². The van der Waals surface area contributed by atoms with Crippen molar-refractivity contribution >= 4 is 60.5 Å². The number of fused-ring (bicyclic) bond motifs is 9. The fraction of sp³-hybridized carbons (Fsp3) is 0.0508. The van der Waals surface area contributed by atoms with Crippen LogP contribution in [0.3, 0.4) is 0 Å². The molecule has 2 nitrogen and oxygen atoms in total. The second-order valence-corrected chi connectivity index (χ2v) is 16.8. The van der Waals surface area contributed by atoms with Crippen LogP contribution in [0.1, 0.15) is 25.0 Å². The zero-order valence-electron chi connectivity index (χ0n) is 34.1. The number of furan rings is 1. The zero-order chi connectivity index (χ0) is 40.7. The van der Waals surface area contributed by atoms with E-state index in [0.717, 1.165) is 50.1 Å². The van der Waals surface area contributed by atoms with Crippen molar-refractivity contribution in [3.8, 4) is 44.5 Å². The highest BCUT2D eigenvalue weighted by molar-refractivity contribution is 6.17. The first-order valence-electron chi connectivity index (χ1n) is 21.2. The minimum Gasteiger partial charge on any atom is -0.456 e. The summed E-state index contributed by atoms with van der Waals surface area (Å²) in [6.07, 6.45) is 0. The molecule has 61 heavy (non-hydrogen) atoms. The standard InChI is InChI=1S/C59H41NO/c1-59(2)53-24-12-10-21-48(53)49-33-32-43(37-54(49)59)60(42-30-27-39(28-31-42)38-15-4-3-5-16-38)55-25-14-23-45(41-29-34-57-51(35-41)50-22-11-13-26-56(50)61-57)58(55)52-36-40-17-6-7-18-44(40)46-19-8-9-20-47(46)52/h3-37H,1-2H3. The second kappa shape index (κ2) is 13.7. The molecule has 10 aromatic carbocycles. The van der Waals surface area contributed by atoms with E-state index in [-0.39, 0.29) is 5.41 Å². The van der Waals surface area contributed by atoms with Gasteiger partial charge < -0.3 is 9.32 Å². The number of hydrogen-bond donors (Lipinski definition) is 0. The molecule has 11 aromatic rings. The third-order valence-electron chi connectivity index (χ3n) is 13.1. The van der Waals surface area contributed by atoms with E-state index in [1.165, 1.54) is 66.1 Å². The summed E-state index contributed by atoms with van der Waals surface area (Å²) < 4.78 is 6.35. The zero-order valence-corrected chi connectivity index (χ0v) is 34.1. The van der Waals surface area contributed by atoms with E-state index in [9.17, 15) is 0 Å². The van der Waals surface area contributed by atoms with Crippen molar-refractivity contribution in [1.29, 1.82) is 0 Å². The fourth-order valence-electron chi connectivity index (χ4n) is 10.1. The quantitative estimate of drug-likeness (QED) is 0.156. The van der Waals surface area contributed by atoms with Crippen LogP contribution in [0.4, 0.5) is 17.1 Å². The lowest BCUT2D eigenvalue weighted by molar-refractivity contribution is 0.660. The van der Waals surface area contributed by atoms with Crippen LogP contribution in [-0.4, -0.2) is 0 Å². The molecule has 1 heterocycles. The Hall–Kier alpha value is -7.68. The summed E-state index contributed by atoms with van der Waals surface area (Å²) in [7, 11) is 0. The van der Waals surface area contributed by atoms with Crippen molar-refractivity contribution in [3.05, 3.63) is 223 Å². The van der Waals surface area contributed by atoms with Gasteiger partial charge >= 0.3 is 0 Å². The number of para-hydroxylation sites is 1. The molecule has 0 amide bonds. The predicted octanol–water partition coefficient (Wildman–Crippen LogP) is 16.7. The predicted molar refractivity (Wildman–Crippen MR) is 257 cm³/mol. The molecule has 0 atom stereocenters. The molecule has 1 aliphatic carbocycles. The summed E-state index contributed by atoms with van der Waals surface area (Å²) in [6.45, 7) is 4.73. The molecule has 0 unspecified atom stereocenters. The molecular formula is C59H41NO. The summed E-state index contributed by atoms with van der Waals surface area (Å²) in [5.74, 6) is 0. The third kappa shape index (κ3) is 5.56. The Labute approximate surface area is 355 Å². The van der Waals surface area contributed by atoms with Crippen molar-refractivity contribution in [2.24, 2.45) is 0 Å². The Kier molecular flexibility index (Phi) is 7.92. The second-order valence-electron chi connectivity index (χ2n) is 16.8. The molecule has 1 aliphatic rings. The summed E-state index contributed by atoms with van der Waals surface area (Å²) in [5, 5.41) is 7.15. The normalized spacial score (nSPS) is 12.9. The van der Waals surface area contributed by atoms with Crippen LogP contribution in [0, 0.1) is 0 Å². The Morgan fingerprint density at radius 1 is 0.361 bits per heavy atom. The maximum absolute atomic E-state index is 6.35. The molecule has 12 rings (SSSR count). The monoisotopic (exact) mass is 779 g/mol. The fourth-order valence-corrected chi connectivity index (χ4v) is 10.1. The van der Waals surface area contributed by atoms with Crippen molar-refractivity contribution in [1.82, 2.24) is 0 Å². The average molecular weight is 780 g/mol. The van der Waals surface area contributed by atoms with Gasteiger partial charge in [0.25, 0.3) is 0 Å².